The largest absolute Gasteiger partial charge is 0.497 e. The number of rotatable bonds is 12. The van der Waals surface area contributed by atoms with Gasteiger partial charge >= 0.3 is 11.9 Å². The van der Waals surface area contributed by atoms with Crippen LogP contribution in [0.4, 0.5) is 11.4 Å². The quantitative estimate of drug-likeness (QED) is 0.333. The topological polar surface area (TPSA) is 129 Å². The van der Waals surface area contributed by atoms with Crippen LogP contribution in [-0.2, 0) is 23.9 Å². The van der Waals surface area contributed by atoms with Crippen LogP contribution in [0.2, 0.25) is 0 Å². The van der Waals surface area contributed by atoms with E-state index in [2.05, 4.69) is 15.4 Å². The second-order valence-electron chi connectivity index (χ2n) is 7.98. The van der Waals surface area contributed by atoms with Crippen LogP contribution in [0.15, 0.2) is 72.8 Å². The highest BCUT2D eigenvalue weighted by atomic mass is 16.5. The van der Waals surface area contributed by atoms with Crippen LogP contribution >= 0.6 is 0 Å². The number of nitrogens with one attached hydrogen (secondary N) is 2. The predicted octanol–water partition coefficient (Wildman–Crippen LogP) is 4.56. The molecule has 0 heterocycles. The monoisotopic (exact) mass is 520 g/mol. The first-order valence-corrected chi connectivity index (χ1v) is 11.7. The summed E-state index contributed by atoms with van der Waals surface area (Å²) in [5, 5.41) is 5.32. The van der Waals surface area contributed by atoms with Crippen LogP contribution in [0.1, 0.15) is 29.6 Å². The van der Waals surface area contributed by atoms with Crippen molar-refractivity contribution in [3.8, 4) is 17.2 Å². The van der Waals surface area contributed by atoms with E-state index in [1.54, 1.807) is 55.6 Å². The second kappa shape index (κ2) is 14.0. The zero-order chi connectivity index (χ0) is 27.3. The molecule has 0 atom stereocenters. The molecule has 0 aliphatic carbocycles. The van der Waals surface area contributed by atoms with E-state index in [0.717, 1.165) is 5.75 Å². The summed E-state index contributed by atoms with van der Waals surface area (Å²) in [6.45, 7) is -0.464. The molecule has 0 spiro atoms. The first-order valence-electron chi connectivity index (χ1n) is 11.7. The Kier molecular flexibility index (Phi) is 10.2. The lowest BCUT2D eigenvalue weighted by Crippen LogP contribution is -2.21. The minimum Gasteiger partial charge on any atom is -0.497 e. The molecule has 0 aliphatic rings. The fourth-order valence-corrected chi connectivity index (χ4v) is 3.23. The highest BCUT2D eigenvalue weighted by molar-refractivity contribution is 5.94. The van der Waals surface area contributed by atoms with Crippen molar-refractivity contribution in [1.82, 2.24) is 0 Å². The van der Waals surface area contributed by atoms with E-state index in [1.807, 2.05) is 0 Å². The van der Waals surface area contributed by atoms with E-state index in [9.17, 15) is 19.2 Å². The molecule has 0 fully saturated rings. The Morgan fingerprint density at radius 3 is 1.76 bits per heavy atom. The van der Waals surface area contributed by atoms with Gasteiger partial charge in [0.05, 0.1) is 19.8 Å². The highest BCUT2D eigenvalue weighted by Gasteiger charge is 2.11. The molecule has 0 unspecified atom stereocenters. The Balaban J connectivity index is 1.32. The van der Waals surface area contributed by atoms with Gasteiger partial charge in [-0.2, -0.15) is 0 Å². The molecule has 0 saturated heterocycles. The molecule has 3 rings (SSSR count). The number of anilines is 2. The van der Waals surface area contributed by atoms with Gasteiger partial charge in [0.25, 0.3) is 5.91 Å². The van der Waals surface area contributed by atoms with E-state index in [4.69, 9.17) is 14.2 Å². The van der Waals surface area contributed by atoms with Crippen molar-refractivity contribution in [1.29, 1.82) is 0 Å². The molecule has 0 aliphatic heterocycles. The van der Waals surface area contributed by atoms with Crippen LogP contribution in [-0.4, -0.2) is 44.6 Å². The van der Waals surface area contributed by atoms with Crippen molar-refractivity contribution in [3.05, 3.63) is 78.4 Å². The van der Waals surface area contributed by atoms with E-state index >= 15 is 0 Å². The molecule has 198 valence electrons. The number of esters is 2. The van der Waals surface area contributed by atoms with Crippen molar-refractivity contribution in [2.75, 3.05) is 31.5 Å². The van der Waals surface area contributed by atoms with Crippen LogP contribution in [0.3, 0.4) is 0 Å². The molecular formula is C28H28N2O8. The van der Waals surface area contributed by atoms with Gasteiger partial charge in [-0.25, -0.2) is 4.79 Å². The van der Waals surface area contributed by atoms with Gasteiger partial charge in [0.15, 0.2) is 6.61 Å². The van der Waals surface area contributed by atoms with Gasteiger partial charge < -0.3 is 29.6 Å². The molecule has 0 bridgehead atoms. The summed E-state index contributed by atoms with van der Waals surface area (Å²) in [5.74, 6) is 0.137. The fourth-order valence-electron chi connectivity index (χ4n) is 3.23. The number of hydrogen-bond donors (Lipinski definition) is 2. The number of ether oxygens (including phenoxy) is 4. The lowest BCUT2D eigenvalue weighted by Gasteiger charge is -2.09. The summed E-state index contributed by atoms with van der Waals surface area (Å²) in [7, 11) is 2.87. The van der Waals surface area contributed by atoms with Gasteiger partial charge in [-0.15, -0.1) is 0 Å². The third-order valence-corrected chi connectivity index (χ3v) is 5.17. The van der Waals surface area contributed by atoms with E-state index in [0.29, 0.717) is 28.4 Å². The van der Waals surface area contributed by atoms with Crippen LogP contribution in [0.5, 0.6) is 17.2 Å². The molecule has 38 heavy (non-hydrogen) atoms. The number of methoxy groups -OCH3 is 2. The van der Waals surface area contributed by atoms with Gasteiger partial charge in [0.1, 0.15) is 17.2 Å². The first kappa shape index (κ1) is 27.7. The molecule has 10 heteroatoms. The number of carbonyl (C=O) groups excluding carboxylic acids is 4. The molecule has 10 nitrogen and oxygen atoms in total. The molecule has 0 aromatic heterocycles. The summed E-state index contributed by atoms with van der Waals surface area (Å²) in [6, 6.07) is 20.1. The maximum Gasteiger partial charge on any atom is 0.337 e. The van der Waals surface area contributed by atoms with Gasteiger partial charge in [-0.1, -0.05) is 0 Å². The van der Waals surface area contributed by atoms with Gasteiger partial charge in [0, 0.05) is 24.2 Å². The standard InChI is InChI=1S/C28H28N2O8/c1-35-22-14-16-24(17-15-22)38-23-12-10-21(11-13-23)29-25(31)4-3-5-27(33)37-18-26(32)30-20-8-6-19(7-9-20)28(34)36-2/h6-17H,3-5,18H2,1-2H3,(H,29,31)(H,30,32). The molecule has 3 aromatic rings. The SMILES string of the molecule is COC(=O)c1ccc(NC(=O)COC(=O)CCCC(=O)Nc2ccc(Oc3ccc(OC)cc3)cc2)cc1. The predicted molar refractivity (Wildman–Crippen MR) is 139 cm³/mol. The zero-order valence-corrected chi connectivity index (χ0v) is 21.0. The minimum atomic E-state index is -0.589. The molecule has 0 saturated carbocycles. The Labute approximate surface area is 219 Å². The van der Waals surface area contributed by atoms with Crippen LogP contribution < -0.4 is 20.1 Å². The lowest BCUT2D eigenvalue weighted by molar-refractivity contribution is -0.147. The molecule has 2 amide bonds. The van der Waals surface area contributed by atoms with Gasteiger partial charge in [-0.3, -0.25) is 14.4 Å². The maximum atomic E-state index is 12.2. The Morgan fingerprint density at radius 1 is 0.658 bits per heavy atom. The van der Waals surface area contributed by atoms with Crippen molar-refractivity contribution >= 4 is 35.1 Å². The van der Waals surface area contributed by atoms with Gasteiger partial charge in [0.2, 0.25) is 5.91 Å². The first-order chi connectivity index (χ1) is 18.4. The Hall–Kier alpha value is -4.86. The van der Waals surface area contributed by atoms with Crippen LogP contribution in [0, 0.1) is 0 Å². The van der Waals surface area contributed by atoms with Gasteiger partial charge in [-0.05, 0) is 79.2 Å². The van der Waals surface area contributed by atoms with Crippen molar-refractivity contribution in [3.63, 3.8) is 0 Å². The van der Waals surface area contributed by atoms with Crippen molar-refractivity contribution in [2.24, 2.45) is 0 Å². The third-order valence-electron chi connectivity index (χ3n) is 5.17. The Bertz CT molecular complexity index is 1240. The number of benzene rings is 3. The summed E-state index contributed by atoms with van der Waals surface area (Å²) < 4.78 is 20.4. The Morgan fingerprint density at radius 2 is 1.18 bits per heavy atom. The fraction of sp³-hybridized carbons (Fsp3) is 0.214. The average molecular weight is 521 g/mol. The number of carbonyl (C=O) groups is 4. The van der Waals surface area contributed by atoms with Crippen molar-refractivity contribution in [2.45, 2.75) is 19.3 Å². The normalized spacial score (nSPS) is 10.2. The molecule has 0 radical (unpaired) electrons. The average Bonchev–Trinajstić information content (AvgIpc) is 2.93. The zero-order valence-electron chi connectivity index (χ0n) is 21.0. The highest BCUT2D eigenvalue weighted by Crippen LogP contribution is 2.25. The van der Waals surface area contributed by atoms with E-state index in [1.165, 1.54) is 31.4 Å². The molecule has 2 N–H and O–H groups in total. The summed E-state index contributed by atoms with van der Waals surface area (Å²) in [5.41, 5.74) is 1.38. The van der Waals surface area contributed by atoms with E-state index in [-0.39, 0.29) is 25.2 Å². The maximum absolute atomic E-state index is 12.2. The summed E-state index contributed by atoms with van der Waals surface area (Å²) >= 11 is 0. The third kappa shape index (κ3) is 8.98. The van der Waals surface area contributed by atoms with E-state index < -0.39 is 24.5 Å². The number of amides is 2. The van der Waals surface area contributed by atoms with Crippen LogP contribution in [0.25, 0.3) is 0 Å². The smallest absolute Gasteiger partial charge is 0.337 e. The second-order valence-corrected chi connectivity index (χ2v) is 7.98. The summed E-state index contributed by atoms with van der Waals surface area (Å²) in [4.78, 5) is 47.5. The number of hydrogen-bond acceptors (Lipinski definition) is 8. The summed E-state index contributed by atoms with van der Waals surface area (Å²) in [6.07, 6.45) is 0.362. The molecular weight excluding hydrogens is 492 g/mol. The lowest BCUT2D eigenvalue weighted by atomic mass is 10.2. The minimum absolute atomic E-state index is 0.0107. The van der Waals surface area contributed by atoms with Crippen molar-refractivity contribution < 1.29 is 38.1 Å². The molecule has 3 aromatic carbocycles.